The summed E-state index contributed by atoms with van der Waals surface area (Å²) in [7, 11) is 0. The Kier molecular flexibility index (Phi) is 41.5. The van der Waals surface area contributed by atoms with E-state index < -0.39 is 20.8 Å². The van der Waals surface area contributed by atoms with Gasteiger partial charge in [-0.3, -0.25) is 14.2 Å². The van der Waals surface area contributed by atoms with Crippen molar-refractivity contribution < 1.29 is 112 Å². The number of aryl methyl sites for hydroxylation is 4. The number of hydrogen-bond donors (Lipinski definition) is 2. The molecule has 5 aromatic carbocycles. The molecule has 0 atom stereocenters. The molecule has 5 aromatic heterocycles. The van der Waals surface area contributed by atoms with E-state index in [4.69, 9.17) is 32.9 Å². The minimum Gasteiger partial charge on any atom is -0.870 e. The number of aliphatic hydroxyl groups is 1. The van der Waals surface area contributed by atoms with E-state index in [0.717, 1.165) is 74.1 Å². The molecule has 0 amide bonds. The van der Waals surface area contributed by atoms with Gasteiger partial charge in [-0.1, -0.05) is 71.1 Å². The first-order valence-corrected chi connectivity index (χ1v) is 27.7. The first-order chi connectivity index (χ1) is 44.2. The van der Waals surface area contributed by atoms with Gasteiger partial charge in [-0.15, -0.1) is 10.2 Å². The average molecular weight is 1310 g/mol. The number of alkyl halides is 6. The van der Waals surface area contributed by atoms with Gasteiger partial charge < -0.3 is 38.4 Å². The third kappa shape index (κ3) is 35.7. The summed E-state index contributed by atoms with van der Waals surface area (Å²) in [5.74, 6) is 1.22. The molecule has 18 nitrogen and oxygen atoms in total. The monoisotopic (exact) mass is 1310 g/mol. The molecule has 0 bridgehead atoms. The van der Waals surface area contributed by atoms with Crippen molar-refractivity contribution in [3.05, 3.63) is 245 Å². The summed E-state index contributed by atoms with van der Waals surface area (Å²) in [4.78, 5) is 23.1. The predicted octanol–water partition coefficient (Wildman–Crippen LogP) is 12.2. The number of carbonyl (C=O) groups excluding carboxylic acids is 1. The number of nitrogens with zero attached hydrogens (tertiary/aromatic N) is 9. The van der Waals surface area contributed by atoms with Crippen LogP contribution in [0.1, 0.15) is 95.2 Å². The molecule has 10 rings (SSSR count). The number of aromatic hydroxyl groups is 1. The number of phenolic OH excluding ortho intramolecular Hbond substituents is 1. The van der Waals surface area contributed by atoms with Gasteiger partial charge >= 0.3 is 35.5 Å². The smallest absolute Gasteiger partial charge is 0.870 e. The Bertz CT molecular complexity index is 3560. The average Bonchev–Trinajstić information content (AvgIpc) is 3.81. The SMILES string of the molecule is CC(=O)OCc1coc(/C=C/c2ccc(F)cc2)n1.FCF.FCF.FCF.Fc1ccc(/C=C/c2nc(COc3ccc(CCCCn4ccnn4)cc3)co2)cc1.OCc1coc(/C=C/c2ccc(F)cc2)n1.Oc1ccc(CCCCn2ccnn2)cc1.[Na+].[OH-]. The summed E-state index contributed by atoms with van der Waals surface area (Å²) in [6, 6.07) is 33.9. The second-order valence-electron chi connectivity index (χ2n) is 18.3. The van der Waals surface area contributed by atoms with Crippen LogP contribution in [-0.4, -0.2) is 87.4 Å². The number of phenols is 1. The van der Waals surface area contributed by atoms with Crippen LogP contribution < -0.4 is 34.3 Å². The zero-order valence-electron chi connectivity index (χ0n) is 50.7. The predicted molar refractivity (Wildman–Crippen MR) is 325 cm³/mol. The molecule has 3 N–H and O–H groups in total. The molecular weight excluding hydrogens is 1240 g/mol. The largest absolute Gasteiger partial charge is 1.00 e. The van der Waals surface area contributed by atoms with Gasteiger partial charge in [0.1, 0.15) is 78.0 Å². The number of aromatic nitrogens is 9. The second kappa shape index (κ2) is 48.4. The molecule has 0 aliphatic rings. The van der Waals surface area contributed by atoms with Crippen LogP contribution in [0.2, 0.25) is 0 Å². The van der Waals surface area contributed by atoms with Gasteiger partial charge in [0.2, 0.25) is 38.5 Å². The summed E-state index contributed by atoms with van der Waals surface area (Å²) < 4.78 is 126. The molecule has 0 spiro atoms. The van der Waals surface area contributed by atoms with Crippen molar-refractivity contribution >= 4 is 42.4 Å². The molecule has 0 radical (unpaired) electrons. The summed E-state index contributed by atoms with van der Waals surface area (Å²) in [6.07, 6.45) is 28.3. The number of esters is 1. The van der Waals surface area contributed by atoms with Crippen LogP contribution in [0.15, 0.2) is 178 Å². The quantitative estimate of drug-likeness (QED) is 0.0277. The first kappa shape index (κ1) is 79.7. The standard InChI is InChI=1S/C24H23FN4O2.C14H12FNO3.C12H10FNO2.C12H15N3O.3CH2F2.Na.H2O/c25-21-9-4-20(5-10-21)8-13-24-27-22(18-31-24)17-30-23-11-6-19(7-12-23)3-1-2-15-29-16-14-26-28-29;1-10(17)18-8-13-9-19-14(16-13)7-4-11-2-5-12(15)6-3-11;13-10-4-1-9(2-5-10)3-6-12-14-11(7-15)8-16-12;16-12-6-4-11(5-7-12)3-1-2-9-15-10-8-13-14-15;3*2-1-3;;/h4-14,16,18H,1-3,15,17H2;2-7,9H,8H2,1H3;1-6,8,15H,7H2;4-8,10,16H,1-3,9H2;3*1H2;;1H2/q;;;;;;;+1;/p-1/b13-8+;7-4+;6-3+;;;;;;. The molecule has 0 unspecified atom stereocenters. The van der Waals surface area contributed by atoms with Crippen LogP contribution in [-0.2, 0) is 55.3 Å². The van der Waals surface area contributed by atoms with Gasteiger partial charge in [0.15, 0.2) is 0 Å². The number of carbonyl (C=O) groups is 1. The molecular formula is C65H67F9N9NaO9. The van der Waals surface area contributed by atoms with Crippen LogP contribution in [0.25, 0.3) is 36.5 Å². The Morgan fingerprint density at radius 1 is 0.505 bits per heavy atom. The van der Waals surface area contributed by atoms with E-state index in [1.807, 2.05) is 52.1 Å². The van der Waals surface area contributed by atoms with E-state index >= 15 is 0 Å². The Morgan fingerprint density at radius 2 is 0.860 bits per heavy atom. The van der Waals surface area contributed by atoms with Gasteiger partial charge in [0.05, 0.1) is 19.0 Å². The van der Waals surface area contributed by atoms with Gasteiger partial charge in [0, 0.05) is 50.6 Å². The van der Waals surface area contributed by atoms with Gasteiger partial charge in [-0.25, -0.2) is 54.5 Å². The number of rotatable bonds is 22. The van der Waals surface area contributed by atoms with Crippen LogP contribution in [0.5, 0.6) is 11.5 Å². The van der Waals surface area contributed by atoms with E-state index in [1.165, 1.54) is 67.0 Å². The molecule has 28 heteroatoms. The maximum atomic E-state index is 12.9. The Hall–Kier alpha value is -9.41. The first-order valence-electron chi connectivity index (χ1n) is 27.7. The zero-order chi connectivity index (χ0) is 65.7. The Balaban J connectivity index is 0.000000416. The molecule has 93 heavy (non-hydrogen) atoms. The van der Waals surface area contributed by atoms with Crippen molar-refractivity contribution in [1.29, 1.82) is 0 Å². The number of unbranched alkanes of at least 4 members (excludes halogenated alkanes) is 2. The molecule has 0 fully saturated rings. The van der Waals surface area contributed by atoms with Crippen molar-refractivity contribution in [2.45, 2.75) is 78.4 Å². The fraction of sp³-hybridized carbons (Fsp3) is 0.231. The number of aliphatic hydroxyl groups excluding tert-OH is 1. The summed E-state index contributed by atoms with van der Waals surface area (Å²) >= 11 is 0. The van der Waals surface area contributed by atoms with Crippen LogP contribution in [0, 0.1) is 17.5 Å². The maximum Gasteiger partial charge on any atom is 1.00 e. The summed E-state index contributed by atoms with van der Waals surface area (Å²) in [5.41, 5.74) is 6.82. The van der Waals surface area contributed by atoms with Crippen LogP contribution in [0.4, 0.5) is 39.5 Å². The fourth-order valence-corrected chi connectivity index (χ4v) is 7.28. The number of ether oxygens (including phenoxy) is 2. The minimum absolute atomic E-state index is 0. The number of oxazole rings is 3. The van der Waals surface area contributed by atoms with Gasteiger partial charge in [-0.05, 0) is 145 Å². The van der Waals surface area contributed by atoms with E-state index in [9.17, 15) is 44.3 Å². The number of hydrogen-bond acceptors (Lipinski definition) is 16. The van der Waals surface area contributed by atoms with Crippen molar-refractivity contribution in [2.24, 2.45) is 0 Å². The van der Waals surface area contributed by atoms with Crippen molar-refractivity contribution in [1.82, 2.24) is 44.9 Å². The number of halogens is 9. The topological polar surface area (TPSA) is 246 Å². The van der Waals surface area contributed by atoms with E-state index in [0.29, 0.717) is 47.1 Å². The third-order valence-electron chi connectivity index (χ3n) is 11.6. The van der Waals surface area contributed by atoms with Gasteiger partial charge in [0.25, 0.3) is 0 Å². The Morgan fingerprint density at radius 3 is 1.20 bits per heavy atom. The van der Waals surface area contributed by atoms with Crippen LogP contribution >= 0.6 is 0 Å². The minimum atomic E-state index is -1.75. The van der Waals surface area contributed by atoms with Crippen molar-refractivity contribution in [3.63, 3.8) is 0 Å². The second-order valence-corrected chi connectivity index (χ2v) is 18.3. The molecule has 0 aliphatic carbocycles. The molecule has 490 valence electrons. The van der Waals surface area contributed by atoms with E-state index in [-0.39, 0.29) is 71.7 Å². The van der Waals surface area contributed by atoms with Gasteiger partial charge in [-0.2, -0.15) is 0 Å². The molecule has 0 saturated heterocycles. The maximum absolute atomic E-state index is 12.9. The Labute approximate surface area is 552 Å². The van der Waals surface area contributed by atoms with Crippen molar-refractivity contribution in [2.75, 3.05) is 20.8 Å². The molecule has 5 heterocycles. The van der Waals surface area contributed by atoms with Crippen molar-refractivity contribution in [3.8, 4) is 11.5 Å². The molecule has 10 aromatic rings. The zero-order valence-corrected chi connectivity index (χ0v) is 52.7. The van der Waals surface area contributed by atoms with E-state index in [1.54, 1.807) is 97.6 Å². The van der Waals surface area contributed by atoms with Crippen LogP contribution in [0.3, 0.4) is 0 Å². The fourth-order valence-electron chi connectivity index (χ4n) is 7.28. The number of benzene rings is 5. The third-order valence-corrected chi connectivity index (χ3v) is 11.6. The molecule has 0 saturated carbocycles. The summed E-state index contributed by atoms with van der Waals surface area (Å²) in [6.45, 7) is -1.85. The summed E-state index contributed by atoms with van der Waals surface area (Å²) in [5, 5.41) is 33.3. The normalized spacial score (nSPS) is 10.3. The van der Waals surface area contributed by atoms with E-state index in [2.05, 4.69) is 47.7 Å². The molecule has 0 aliphatic heterocycles.